The molecule has 0 atom stereocenters. The van der Waals surface area contributed by atoms with Crippen molar-refractivity contribution in [3.63, 3.8) is 0 Å². The van der Waals surface area contributed by atoms with Crippen LogP contribution >= 0.6 is 35.0 Å². The lowest BCUT2D eigenvalue weighted by Crippen LogP contribution is -2.21. The number of hydrazone groups is 1. The molecule has 0 bridgehead atoms. The van der Waals surface area contributed by atoms with Gasteiger partial charge in [-0.05, 0) is 49.2 Å². The molecule has 4 rings (SSSR count). The molecule has 168 valence electrons. The molecular weight excluding hydrogens is 475 g/mol. The third-order valence-electron chi connectivity index (χ3n) is 5.10. The van der Waals surface area contributed by atoms with E-state index in [2.05, 4.69) is 46.3 Å². The zero-order valence-electron chi connectivity index (χ0n) is 18.2. The predicted molar refractivity (Wildman–Crippen MR) is 138 cm³/mol. The first-order valence-electron chi connectivity index (χ1n) is 10.3. The number of rotatable bonds is 7. The van der Waals surface area contributed by atoms with Crippen molar-refractivity contribution in [1.29, 1.82) is 0 Å². The summed E-state index contributed by atoms with van der Waals surface area (Å²) in [6.45, 7) is 4.55. The number of aryl methyl sites for hydroxylation is 1. The standard InChI is InChI=1S/C25H22Cl2N4OS/c1-16-7-9-18(10-8-16)14-31-23-6-4-3-5-22(23)28-25(31)33-15-24(32)30-29-17(2)19-11-12-20(26)21(27)13-19/h3-13H,14-15H2,1-2H3,(H,30,32)/b29-17-. The molecule has 1 aromatic heterocycles. The Morgan fingerprint density at radius 2 is 1.82 bits per heavy atom. The van der Waals surface area contributed by atoms with Crippen molar-refractivity contribution in [2.75, 3.05) is 5.75 Å². The molecule has 0 aliphatic heterocycles. The number of fused-ring (bicyclic) bond motifs is 1. The molecule has 0 spiro atoms. The lowest BCUT2D eigenvalue weighted by Gasteiger charge is -2.09. The minimum absolute atomic E-state index is 0.190. The molecule has 8 heteroatoms. The number of hydrogen-bond donors (Lipinski definition) is 1. The van der Waals surface area contributed by atoms with Crippen LogP contribution in [0, 0.1) is 6.92 Å². The van der Waals surface area contributed by atoms with Gasteiger partial charge in [-0.15, -0.1) is 0 Å². The first-order chi connectivity index (χ1) is 15.9. The fraction of sp³-hybridized carbons (Fsp3) is 0.160. The number of carbonyl (C=O) groups excluding carboxylic acids is 1. The van der Waals surface area contributed by atoms with Gasteiger partial charge in [-0.2, -0.15) is 5.10 Å². The van der Waals surface area contributed by atoms with Crippen LogP contribution in [-0.4, -0.2) is 26.9 Å². The maximum Gasteiger partial charge on any atom is 0.250 e. The topological polar surface area (TPSA) is 59.3 Å². The van der Waals surface area contributed by atoms with Crippen LogP contribution in [0.3, 0.4) is 0 Å². The Morgan fingerprint density at radius 1 is 1.06 bits per heavy atom. The van der Waals surface area contributed by atoms with Gasteiger partial charge in [0.25, 0.3) is 5.91 Å². The van der Waals surface area contributed by atoms with Crippen LogP contribution in [0.1, 0.15) is 23.6 Å². The number of hydrogen-bond acceptors (Lipinski definition) is 4. The number of amides is 1. The Kier molecular flexibility index (Phi) is 7.38. The zero-order chi connectivity index (χ0) is 23.4. The van der Waals surface area contributed by atoms with Crippen molar-refractivity contribution in [1.82, 2.24) is 15.0 Å². The first kappa shape index (κ1) is 23.4. The maximum atomic E-state index is 12.5. The van der Waals surface area contributed by atoms with E-state index in [1.54, 1.807) is 25.1 Å². The largest absolute Gasteiger partial charge is 0.314 e. The molecule has 0 saturated carbocycles. The SMILES string of the molecule is C/C(=N/NC(=O)CSc1nc2ccccc2n1Cc1ccc(C)cc1)c1ccc(Cl)c(Cl)c1. The van der Waals surface area contributed by atoms with E-state index in [-0.39, 0.29) is 11.7 Å². The average molecular weight is 497 g/mol. The summed E-state index contributed by atoms with van der Waals surface area (Å²) in [5.74, 6) is -0.0246. The second kappa shape index (κ2) is 10.4. The minimum Gasteiger partial charge on any atom is -0.314 e. The van der Waals surface area contributed by atoms with Gasteiger partial charge in [0.1, 0.15) is 0 Å². The molecule has 0 aliphatic rings. The molecule has 5 nitrogen and oxygen atoms in total. The summed E-state index contributed by atoms with van der Waals surface area (Å²) in [5, 5.41) is 5.90. The molecular formula is C25H22Cl2N4OS. The van der Waals surface area contributed by atoms with E-state index in [1.807, 2.05) is 24.3 Å². The van der Waals surface area contributed by atoms with Crippen LogP contribution in [0.5, 0.6) is 0 Å². The Morgan fingerprint density at radius 3 is 2.58 bits per heavy atom. The molecule has 0 fully saturated rings. The van der Waals surface area contributed by atoms with Crippen molar-refractivity contribution in [3.05, 3.63) is 93.5 Å². The number of aromatic nitrogens is 2. The summed E-state index contributed by atoms with van der Waals surface area (Å²) < 4.78 is 2.14. The highest BCUT2D eigenvalue weighted by molar-refractivity contribution is 7.99. The fourth-order valence-corrected chi connectivity index (χ4v) is 4.39. The van der Waals surface area contributed by atoms with Gasteiger partial charge in [0, 0.05) is 0 Å². The number of para-hydroxylation sites is 2. The molecule has 3 aromatic carbocycles. The predicted octanol–water partition coefficient (Wildman–Crippen LogP) is 6.33. The van der Waals surface area contributed by atoms with Gasteiger partial charge in [0.05, 0.1) is 39.1 Å². The summed E-state index contributed by atoms with van der Waals surface area (Å²) in [6, 6.07) is 21.7. The molecule has 0 saturated heterocycles. The van der Waals surface area contributed by atoms with Crippen molar-refractivity contribution in [3.8, 4) is 0 Å². The number of imidazole rings is 1. The van der Waals surface area contributed by atoms with E-state index in [0.717, 1.165) is 21.8 Å². The van der Waals surface area contributed by atoms with Crippen molar-refractivity contribution >= 4 is 57.6 Å². The average Bonchev–Trinajstić information content (AvgIpc) is 3.16. The van der Waals surface area contributed by atoms with Crippen LogP contribution < -0.4 is 5.43 Å². The van der Waals surface area contributed by atoms with E-state index in [0.29, 0.717) is 22.3 Å². The molecule has 0 aliphatic carbocycles. The monoisotopic (exact) mass is 496 g/mol. The van der Waals surface area contributed by atoms with Crippen molar-refractivity contribution in [2.24, 2.45) is 5.10 Å². The third kappa shape index (κ3) is 5.77. The van der Waals surface area contributed by atoms with Gasteiger partial charge in [0.15, 0.2) is 5.16 Å². The highest BCUT2D eigenvalue weighted by Gasteiger charge is 2.13. The summed E-state index contributed by atoms with van der Waals surface area (Å²) in [4.78, 5) is 17.2. The first-order valence-corrected chi connectivity index (χ1v) is 12.1. The molecule has 1 N–H and O–H groups in total. The fourth-order valence-electron chi connectivity index (χ4n) is 3.29. The quantitative estimate of drug-likeness (QED) is 0.184. The van der Waals surface area contributed by atoms with E-state index in [1.165, 1.54) is 22.9 Å². The van der Waals surface area contributed by atoms with E-state index >= 15 is 0 Å². The van der Waals surface area contributed by atoms with Crippen LogP contribution in [0.2, 0.25) is 10.0 Å². The number of carbonyl (C=O) groups is 1. The zero-order valence-corrected chi connectivity index (χ0v) is 20.5. The van der Waals surface area contributed by atoms with Crippen LogP contribution in [0.4, 0.5) is 0 Å². The number of halogens is 2. The van der Waals surface area contributed by atoms with Gasteiger partial charge >= 0.3 is 0 Å². The minimum atomic E-state index is -0.214. The lowest BCUT2D eigenvalue weighted by molar-refractivity contribution is -0.118. The number of thioether (sulfide) groups is 1. The summed E-state index contributed by atoms with van der Waals surface area (Å²) in [5.41, 5.74) is 8.37. The molecule has 0 unspecified atom stereocenters. The van der Waals surface area contributed by atoms with Crippen LogP contribution in [0.15, 0.2) is 77.0 Å². The summed E-state index contributed by atoms with van der Waals surface area (Å²) >= 11 is 13.4. The van der Waals surface area contributed by atoms with Gasteiger partial charge in [0.2, 0.25) is 0 Å². The summed E-state index contributed by atoms with van der Waals surface area (Å²) in [7, 11) is 0. The van der Waals surface area contributed by atoms with Crippen LogP contribution in [0.25, 0.3) is 11.0 Å². The van der Waals surface area contributed by atoms with E-state index in [9.17, 15) is 4.79 Å². The third-order valence-corrected chi connectivity index (χ3v) is 6.81. The number of nitrogens with zero attached hydrogens (tertiary/aromatic N) is 3. The Labute approximate surface area is 206 Å². The van der Waals surface area contributed by atoms with Crippen LogP contribution in [-0.2, 0) is 11.3 Å². The summed E-state index contributed by atoms with van der Waals surface area (Å²) in [6.07, 6.45) is 0. The maximum absolute atomic E-state index is 12.5. The second-order valence-corrected chi connectivity index (χ2v) is 9.36. The lowest BCUT2D eigenvalue weighted by atomic mass is 10.1. The van der Waals surface area contributed by atoms with Crippen molar-refractivity contribution in [2.45, 2.75) is 25.5 Å². The Bertz CT molecular complexity index is 1330. The Hall–Kier alpha value is -2.80. The molecule has 4 aromatic rings. The van der Waals surface area contributed by atoms with E-state index in [4.69, 9.17) is 28.2 Å². The molecule has 33 heavy (non-hydrogen) atoms. The van der Waals surface area contributed by atoms with Gasteiger partial charge < -0.3 is 4.57 Å². The smallest absolute Gasteiger partial charge is 0.250 e. The molecule has 1 amide bonds. The van der Waals surface area contributed by atoms with Crippen molar-refractivity contribution < 1.29 is 4.79 Å². The Balaban J connectivity index is 1.46. The van der Waals surface area contributed by atoms with Gasteiger partial charge in [-0.3, -0.25) is 4.79 Å². The number of benzene rings is 3. The normalized spacial score (nSPS) is 11.7. The highest BCUT2D eigenvalue weighted by Crippen LogP contribution is 2.26. The van der Waals surface area contributed by atoms with E-state index < -0.39 is 0 Å². The molecule has 1 heterocycles. The molecule has 0 radical (unpaired) electrons. The van der Waals surface area contributed by atoms with Gasteiger partial charge in [-0.1, -0.05) is 83.0 Å². The van der Waals surface area contributed by atoms with Gasteiger partial charge in [-0.25, -0.2) is 10.4 Å². The number of nitrogens with one attached hydrogen (secondary N) is 1. The second-order valence-electron chi connectivity index (χ2n) is 7.60. The highest BCUT2D eigenvalue weighted by atomic mass is 35.5.